The fraction of sp³-hybridized carbons (Fsp3) is 0.933. The molecule has 0 bridgehead atoms. The topological polar surface area (TPSA) is 49.8 Å². The van der Waals surface area contributed by atoms with E-state index < -0.39 is 5.97 Å². The standard InChI is InChI=1S/C15H25NO3/c1-11-13(14(17)18)5-9-16(11)10-12-4-8-15(19-12)6-2-3-7-15/h11-13H,2-10H2,1H3,(H,17,18). The normalized spacial score (nSPS) is 38.3. The number of carbonyl (C=O) groups is 1. The highest BCUT2D eigenvalue weighted by molar-refractivity contribution is 5.71. The molecule has 1 aliphatic carbocycles. The number of hydrogen-bond donors (Lipinski definition) is 1. The minimum absolute atomic E-state index is 0.154. The minimum atomic E-state index is -0.644. The summed E-state index contributed by atoms with van der Waals surface area (Å²) in [6, 6.07) is 0.154. The van der Waals surface area contributed by atoms with Gasteiger partial charge in [-0.1, -0.05) is 12.8 Å². The Morgan fingerprint density at radius 3 is 2.68 bits per heavy atom. The molecule has 0 amide bonds. The predicted octanol–water partition coefficient (Wildman–Crippen LogP) is 2.27. The van der Waals surface area contributed by atoms with Crippen molar-refractivity contribution in [3.05, 3.63) is 0 Å². The Balaban J connectivity index is 1.54. The van der Waals surface area contributed by atoms with Gasteiger partial charge in [-0.25, -0.2) is 0 Å². The number of carboxylic acids is 1. The maximum Gasteiger partial charge on any atom is 0.308 e. The third-order valence-electron chi connectivity index (χ3n) is 5.49. The van der Waals surface area contributed by atoms with Crippen LogP contribution in [0.1, 0.15) is 51.9 Å². The molecule has 2 heterocycles. The minimum Gasteiger partial charge on any atom is -0.481 e. The van der Waals surface area contributed by atoms with Crippen molar-refractivity contribution >= 4 is 5.97 Å². The maximum absolute atomic E-state index is 11.1. The SMILES string of the molecule is CC1C(C(=O)O)CCN1CC1CCC2(CCCC2)O1. The summed E-state index contributed by atoms with van der Waals surface area (Å²) in [6.07, 6.45) is 8.57. The van der Waals surface area contributed by atoms with Crippen molar-refractivity contribution in [2.24, 2.45) is 5.92 Å². The van der Waals surface area contributed by atoms with E-state index in [1.54, 1.807) is 0 Å². The fourth-order valence-electron chi connectivity index (χ4n) is 4.26. The van der Waals surface area contributed by atoms with Gasteiger partial charge >= 0.3 is 5.97 Å². The summed E-state index contributed by atoms with van der Waals surface area (Å²) in [6.45, 7) is 3.88. The Kier molecular flexibility index (Phi) is 3.56. The summed E-state index contributed by atoms with van der Waals surface area (Å²) in [5.41, 5.74) is 0.194. The van der Waals surface area contributed by atoms with Gasteiger partial charge in [0, 0.05) is 12.6 Å². The number of ether oxygens (including phenoxy) is 1. The van der Waals surface area contributed by atoms with E-state index in [4.69, 9.17) is 4.74 Å². The quantitative estimate of drug-likeness (QED) is 0.852. The predicted molar refractivity (Wildman–Crippen MR) is 72.1 cm³/mol. The van der Waals surface area contributed by atoms with E-state index in [1.165, 1.54) is 32.1 Å². The number of carboxylic acid groups (broad SMARTS) is 1. The summed E-state index contributed by atoms with van der Waals surface area (Å²) < 4.78 is 6.33. The van der Waals surface area contributed by atoms with Crippen LogP contribution in [0.3, 0.4) is 0 Å². The lowest BCUT2D eigenvalue weighted by Crippen LogP contribution is -2.39. The first kappa shape index (κ1) is 13.4. The van der Waals surface area contributed by atoms with Gasteiger partial charge in [0.05, 0.1) is 17.6 Å². The summed E-state index contributed by atoms with van der Waals surface area (Å²) in [4.78, 5) is 13.5. The van der Waals surface area contributed by atoms with Crippen molar-refractivity contribution in [2.75, 3.05) is 13.1 Å². The van der Waals surface area contributed by atoms with Gasteiger partial charge in [-0.15, -0.1) is 0 Å². The molecule has 3 atom stereocenters. The lowest BCUT2D eigenvalue weighted by atomic mass is 9.98. The first-order valence-corrected chi connectivity index (χ1v) is 7.74. The van der Waals surface area contributed by atoms with Gasteiger partial charge in [-0.3, -0.25) is 9.69 Å². The van der Waals surface area contributed by atoms with Crippen molar-refractivity contribution in [2.45, 2.75) is 69.6 Å². The van der Waals surface area contributed by atoms with E-state index in [0.717, 1.165) is 25.9 Å². The third-order valence-corrected chi connectivity index (χ3v) is 5.49. The van der Waals surface area contributed by atoms with Gasteiger partial charge in [0.25, 0.3) is 0 Å². The molecule has 1 spiro atoms. The van der Waals surface area contributed by atoms with Crippen LogP contribution in [-0.4, -0.2) is 46.8 Å². The third kappa shape index (κ3) is 2.52. The monoisotopic (exact) mass is 267 g/mol. The molecule has 0 aromatic heterocycles. The van der Waals surface area contributed by atoms with Crippen molar-refractivity contribution in [3.63, 3.8) is 0 Å². The zero-order valence-corrected chi connectivity index (χ0v) is 11.8. The van der Waals surface area contributed by atoms with Gasteiger partial charge in [0.15, 0.2) is 0 Å². The second-order valence-corrected chi connectivity index (χ2v) is 6.64. The molecule has 0 aromatic rings. The van der Waals surface area contributed by atoms with Crippen molar-refractivity contribution < 1.29 is 14.6 Å². The summed E-state index contributed by atoms with van der Waals surface area (Å²) in [5, 5.41) is 9.17. The van der Waals surface area contributed by atoms with Gasteiger partial charge in [-0.2, -0.15) is 0 Å². The number of hydrogen-bond acceptors (Lipinski definition) is 3. The van der Waals surface area contributed by atoms with E-state index in [9.17, 15) is 9.90 Å². The highest BCUT2D eigenvalue weighted by atomic mass is 16.5. The Labute approximate surface area is 115 Å². The zero-order chi connectivity index (χ0) is 13.5. The summed E-state index contributed by atoms with van der Waals surface area (Å²) >= 11 is 0. The van der Waals surface area contributed by atoms with Crippen LogP contribution < -0.4 is 0 Å². The van der Waals surface area contributed by atoms with Gasteiger partial charge in [0.1, 0.15) is 0 Å². The molecular weight excluding hydrogens is 242 g/mol. The molecule has 2 aliphatic heterocycles. The van der Waals surface area contributed by atoms with E-state index in [2.05, 4.69) is 4.90 Å². The second kappa shape index (κ2) is 5.06. The number of aliphatic carboxylic acids is 1. The largest absolute Gasteiger partial charge is 0.481 e. The average molecular weight is 267 g/mol. The lowest BCUT2D eigenvalue weighted by molar-refractivity contribution is -0.142. The molecule has 3 unspecified atom stereocenters. The highest BCUT2D eigenvalue weighted by Gasteiger charge is 2.44. The van der Waals surface area contributed by atoms with Crippen molar-refractivity contribution in [3.8, 4) is 0 Å². The van der Waals surface area contributed by atoms with E-state index in [1.807, 2.05) is 6.92 Å². The van der Waals surface area contributed by atoms with E-state index in [0.29, 0.717) is 6.10 Å². The van der Waals surface area contributed by atoms with Crippen molar-refractivity contribution in [1.29, 1.82) is 0 Å². The summed E-state index contributed by atoms with van der Waals surface area (Å²) in [5.74, 6) is -0.837. The van der Waals surface area contributed by atoms with Crippen LogP contribution in [-0.2, 0) is 9.53 Å². The molecule has 0 aromatic carbocycles. The Morgan fingerprint density at radius 2 is 2.05 bits per heavy atom. The molecule has 108 valence electrons. The van der Waals surface area contributed by atoms with Crippen LogP contribution in [0.2, 0.25) is 0 Å². The van der Waals surface area contributed by atoms with E-state index >= 15 is 0 Å². The Bertz CT molecular complexity index is 351. The summed E-state index contributed by atoms with van der Waals surface area (Å²) in [7, 11) is 0. The molecule has 3 rings (SSSR count). The van der Waals surface area contributed by atoms with Crippen LogP contribution in [0, 0.1) is 5.92 Å². The Hall–Kier alpha value is -0.610. The van der Waals surface area contributed by atoms with Crippen LogP contribution in [0.25, 0.3) is 0 Å². The van der Waals surface area contributed by atoms with Crippen LogP contribution in [0.5, 0.6) is 0 Å². The van der Waals surface area contributed by atoms with Gasteiger partial charge in [-0.05, 0) is 45.6 Å². The molecular formula is C15H25NO3. The first-order chi connectivity index (χ1) is 9.10. The first-order valence-electron chi connectivity index (χ1n) is 7.74. The molecule has 3 aliphatic rings. The average Bonchev–Trinajstić information content (AvgIpc) is 3.05. The molecule has 4 nitrogen and oxygen atoms in total. The molecule has 0 radical (unpaired) electrons. The molecule has 1 N–H and O–H groups in total. The van der Waals surface area contributed by atoms with Crippen LogP contribution in [0.4, 0.5) is 0 Å². The van der Waals surface area contributed by atoms with Crippen LogP contribution >= 0.6 is 0 Å². The van der Waals surface area contributed by atoms with Crippen LogP contribution in [0.15, 0.2) is 0 Å². The fourth-order valence-corrected chi connectivity index (χ4v) is 4.26. The number of likely N-dealkylation sites (tertiary alicyclic amines) is 1. The maximum atomic E-state index is 11.1. The number of rotatable bonds is 3. The van der Waals surface area contributed by atoms with Gasteiger partial charge in [0.2, 0.25) is 0 Å². The van der Waals surface area contributed by atoms with Crippen molar-refractivity contribution in [1.82, 2.24) is 4.90 Å². The molecule has 4 heteroatoms. The zero-order valence-electron chi connectivity index (χ0n) is 11.8. The Morgan fingerprint density at radius 1 is 1.32 bits per heavy atom. The molecule has 19 heavy (non-hydrogen) atoms. The number of nitrogens with zero attached hydrogens (tertiary/aromatic N) is 1. The lowest BCUT2D eigenvalue weighted by Gasteiger charge is -2.28. The molecule has 2 saturated heterocycles. The molecule has 1 saturated carbocycles. The highest BCUT2D eigenvalue weighted by Crippen LogP contribution is 2.43. The van der Waals surface area contributed by atoms with E-state index in [-0.39, 0.29) is 17.6 Å². The molecule has 3 fully saturated rings. The van der Waals surface area contributed by atoms with Gasteiger partial charge < -0.3 is 9.84 Å². The second-order valence-electron chi connectivity index (χ2n) is 6.64. The smallest absolute Gasteiger partial charge is 0.308 e.